The minimum absolute atomic E-state index is 0.279. The number of hydrogen-bond acceptors (Lipinski definition) is 4. The zero-order chi connectivity index (χ0) is 15.6. The summed E-state index contributed by atoms with van der Waals surface area (Å²) in [7, 11) is -1.97. The van der Waals surface area contributed by atoms with Gasteiger partial charge in [-0.2, -0.15) is 4.31 Å². The first-order chi connectivity index (χ1) is 9.86. The lowest BCUT2D eigenvalue weighted by molar-refractivity contribution is 0.459. The summed E-state index contributed by atoms with van der Waals surface area (Å²) in [5, 5.41) is 0. The molecule has 0 atom stereocenters. The van der Waals surface area contributed by atoms with E-state index in [1.165, 1.54) is 4.31 Å². The summed E-state index contributed by atoms with van der Waals surface area (Å²) >= 11 is 0. The Balaban J connectivity index is 2.29. The van der Waals surface area contributed by atoms with Crippen molar-refractivity contribution in [1.29, 1.82) is 0 Å². The maximum atomic E-state index is 12.6. The fourth-order valence-electron chi connectivity index (χ4n) is 2.14. The highest BCUT2D eigenvalue weighted by molar-refractivity contribution is 7.89. The van der Waals surface area contributed by atoms with Gasteiger partial charge in [0.15, 0.2) is 0 Å². The van der Waals surface area contributed by atoms with Crippen LogP contribution in [0.15, 0.2) is 39.8 Å². The maximum absolute atomic E-state index is 12.6. The third kappa shape index (κ3) is 3.18. The van der Waals surface area contributed by atoms with E-state index in [0.29, 0.717) is 6.54 Å². The Labute approximate surface area is 125 Å². The number of furan rings is 1. The fraction of sp³-hybridized carbons (Fsp3) is 0.333. The second kappa shape index (κ2) is 6.01. The van der Waals surface area contributed by atoms with Crippen molar-refractivity contribution in [2.24, 2.45) is 5.73 Å². The quantitative estimate of drug-likeness (QED) is 0.918. The van der Waals surface area contributed by atoms with Crippen molar-refractivity contribution >= 4 is 10.0 Å². The minimum Gasteiger partial charge on any atom is -0.469 e. The van der Waals surface area contributed by atoms with Crippen LogP contribution in [0.4, 0.5) is 0 Å². The van der Waals surface area contributed by atoms with E-state index in [9.17, 15) is 8.42 Å². The molecule has 114 valence electrons. The molecule has 1 aromatic carbocycles. The zero-order valence-electron chi connectivity index (χ0n) is 12.5. The van der Waals surface area contributed by atoms with Gasteiger partial charge in [0, 0.05) is 25.7 Å². The molecule has 0 spiro atoms. The molecule has 0 aliphatic heterocycles. The normalized spacial score (nSPS) is 12.0. The predicted octanol–water partition coefficient (Wildman–Crippen LogP) is 2.18. The fourth-order valence-corrected chi connectivity index (χ4v) is 3.37. The molecule has 0 amide bonds. The van der Waals surface area contributed by atoms with Crippen LogP contribution in [0.5, 0.6) is 0 Å². The highest BCUT2D eigenvalue weighted by Gasteiger charge is 2.22. The van der Waals surface area contributed by atoms with E-state index in [2.05, 4.69) is 0 Å². The van der Waals surface area contributed by atoms with Crippen LogP contribution in [0.3, 0.4) is 0 Å². The monoisotopic (exact) mass is 308 g/mol. The van der Waals surface area contributed by atoms with Gasteiger partial charge < -0.3 is 10.2 Å². The van der Waals surface area contributed by atoms with Crippen molar-refractivity contribution in [3.8, 4) is 0 Å². The van der Waals surface area contributed by atoms with Crippen molar-refractivity contribution < 1.29 is 12.8 Å². The summed E-state index contributed by atoms with van der Waals surface area (Å²) in [4.78, 5) is 0.279. The Kier molecular flexibility index (Phi) is 4.51. The van der Waals surface area contributed by atoms with Gasteiger partial charge in [0.25, 0.3) is 0 Å². The van der Waals surface area contributed by atoms with Crippen molar-refractivity contribution in [2.45, 2.75) is 31.8 Å². The molecular weight excluding hydrogens is 288 g/mol. The second-order valence-corrected chi connectivity index (χ2v) is 7.10. The smallest absolute Gasteiger partial charge is 0.243 e. The van der Waals surface area contributed by atoms with Crippen LogP contribution in [0.1, 0.15) is 22.5 Å². The SMILES string of the molecule is Cc1cc(S(=O)(=O)N(C)Cc2ccoc2C)ccc1CN. The van der Waals surface area contributed by atoms with Gasteiger partial charge in [-0.3, -0.25) is 0 Å². The van der Waals surface area contributed by atoms with E-state index in [0.717, 1.165) is 22.5 Å². The second-order valence-electron chi connectivity index (χ2n) is 5.06. The molecule has 0 saturated heterocycles. The third-order valence-electron chi connectivity index (χ3n) is 3.60. The Morgan fingerprint density at radius 3 is 2.43 bits per heavy atom. The minimum atomic E-state index is -3.53. The topological polar surface area (TPSA) is 76.5 Å². The van der Waals surface area contributed by atoms with Gasteiger partial charge in [-0.15, -0.1) is 0 Å². The largest absolute Gasteiger partial charge is 0.469 e. The van der Waals surface area contributed by atoms with Crippen LogP contribution in [-0.4, -0.2) is 19.8 Å². The third-order valence-corrected chi connectivity index (χ3v) is 5.40. The van der Waals surface area contributed by atoms with Crippen LogP contribution in [-0.2, 0) is 23.1 Å². The predicted molar refractivity (Wildman–Crippen MR) is 81.2 cm³/mol. The first kappa shape index (κ1) is 15.8. The highest BCUT2D eigenvalue weighted by atomic mass is 32.2. The summed E-state index contributed by atoms with van der Waals surface area (Å²) in [6.07, 6.45) is 1.56. The lowest BCUT2D eigenvalue weighted by atomic mass is 10.1. The molecule has 1 aromatic heterocycles. The molecule has 2 rings (SSSR count). The number of nitrogens with two attached hydrogens (primary N) is 1. The molecular formula is C15H20N2O3S. The average Bonchev–Trinajstić information content (AvgIpc) is 2.84. The molecule has 0 saturated carbocycles. The molecule has 1 heterocycles. The molecule has 0 unspecified atom stereocenters. The molecule has 6 heteroatoms. The van der Waals surface area contributed by atoms with Crippen LogP contribution in [0.2, 0.25) is 0 Å². The molecule has 2 aromatic rings. The Morgan fingerprint density at radius 1 is 1.19 bits per heavy atom. The number of rotatable bonds is 5. The van der Waals surface area contributed by atoms with E-state index in [-0.39, 0.29) is 11.4 Å². The number of aryl methyl sites for hydroxylation is 2. The lowest BCUT2D eigenvalue weighted by Gasteiger charge is -2.17. The van der Waals surface area contributed by atoms with Crippen molar-refractivity contribution in [1.82, 2.24) is 4.31 Å². The molecule has 0 bridgehead atoms. The summed E-state index contributed by atoms with van der Waals surface area (Å²) in [6.45, 7) is 4.36. The van der Waals surface area contributed by atoms with Crippen LogP contribution < -0.4 is 5.73 Å². The van der Waals surface area contributed by atoms with Gasteiger partial charge in [0.2, 0.25) is 10.0 Å². The first-order valence-corrected chi connectivity index (χ1v) is 8.09. The van der Waals surface area contributed by atoms with Crippen molar-refractivity contribution in [3.63, 3.8) is 0 Å². The Bertz CT molecular complexity index is 735. The first-order valence-electron chi connectivity index (χ1n) is 6.65. The van der Waals surface area contributed by atoms with Crippen LogP contribution in [0, 0.1) is 13.8 Å². The van der Waals surface area contributed by atoms with E-state index in [1.54, 1.807) is 37.6 Å². The molecule has 5 nitrogen and oxygen atoms in total. The summed E-state index contributed by atoms with van der Waals surface area (Å²) < 4.78 is 31.7. The maximum Gasteiger partial charge on any atom is 0.243 e. The van der Waals surface area contributed by atoms with E-state index >= 15 is 0 Å². The van der Waals surface area contributed by atoms with Crippen LogP contribution >= 0.6 is 0 Å². The van der Waals surface area contributed by atoms with E-state index in [4.69, 9.17) is 10.2 Å². The van der Waals surface area contributed by atoms with Gasteiger partial charge in [0.05, 0.1) is 11.2 Å². The van der Waals surface area contributed by atoms with E-state index < -0.39 is 10.0 Å². The number of nitrogens with zero attached hydrogens (tertiary/aromatic N) is 1. The van der Waals surface area contributed by atoms with Gasteiger partial charge in [0.1, 0.15) is 5.76 Å². The number of sulfonamides is 1. The number of hydrogen-bond donors (Lipinski definition) is 1. The standard InChI is InChI=1S/C15H20N2O3S/c1-11-8-15(5-4-13(11)9-16)21(18,19)17(3)10-14-6-7-20-12(14)2/h4-8H,9-10,16H2,1-3H3. The lowest BCUT2D eigenvalue weighted by Crippen LogP contribution is -2.26. The molecule has 0 aliphatic rings. The molecule has 21 heavy (non-hydrogen) atoms. The summed E-state index contributed by atoms with van der Waals surface area (Å²) in [5.74, 6) is 0.728. The summed E-state index contributed by atoms with van der Waals surface area (Å²) in [6, 6.07) is 6.81. The van der Waals surface area contributed by atoms with Crippen LogP contribution in [0.25, 0.3) is 0 Å². The van der Waals surface area contributed by atoms with Gasteiger partial charge >= 0.3 is 0 Å². The van der Waals surface area contributed by atoms with Gasteiger partial charge in [-0.05, 0) is 43.2 Å². The zero-order valence-corrected chi connectivity index (χ0v) is 13.3. The molecule has 0 radical (unpaired) electrons. The average molecular weight is 308 g/mol. The molecule has 0 aliphatic carbocycles. The Morgan fingerprint density at radius 2 is 1.90 bits per heavy atom. The van der Waals surface area contributed by atoms with E-state index in [1.807, 2.05) is 13.8 Å². The molecule has 0 fully saturated rings. The number of benzene rings is 1. The van der Waals surface area contributed by atoms with Gasteiger partial charge in [-0.25, -0.2) is 8.42 Å². The van der Waals surface area contributed by atoms with Crippen molar-refractivity contribution in [3.05, 3.63) is 53.0 Å². The summed E-state index contributed by atoms with van der Waals surface area (Å²) in [5.41, 5.74) is 8.29. The van der Waals surface area contributed by atoms with Crippen molar-refractivity contribution in [2.75, 3.05) is 7.05 Å². The Hall–Kier alpha value is -1.63. The molecule has 2 N–H and O–H groups in total. The highest BCUT2D eigenvalue weighted by Crippen LogP contribution is 2.21. The van der Waals surface area contributed by atoms with Gasteiger partial charge in [-0.1, -0.05) is 6.07 Å².